The van der Waals surface area contributed by atoms with Crippen LogP contribution in [0.15, 0.2) is 24.3 Å². The van der Waals surface area contributed by atoms with E-state index in [0.717, 1.165) is 37.7 Å². The third-order valence-electron chi connectivity index (χ3n) is 8.74. The van der Waals surface area contributed by atoms with Crippen LogP contribution in [-0.2, 0) is 25.5 Å². The number of carbonyl (C=O) groups excluding carboxylic acids is 4. The highest BCUT2D eigenvalue weighted by molar-refractivity contribution is 6.30. The number of hydrogen-bond acceptors (Lipinski definition) is 5. The molecule has 4 rings (SSSR count). The lowest BCUT2D eigenvalue weighted by Gasteiger charge is -2.39. The molecule has 0 spiro atoms. The maximum Gasteiger partial charge on any atom is 0.410 e. The summed E-state index contributed by atoms with van der Waals surface area (Å²) in [7, 11) is 0. The Hall–Kier alpha value is -2.81. The Balaban J connectivity index is 1.51. The second-order valence-electron chi connectivity index (χ2n) is 13.6. The number of rotatable bonds is 8. The zero-order chi connectivity index (χ0) is 31.3. The molecule has 0 unspecified atom stereocenters. The summed E-state index contributed by atoms with van der Waals surface area (Å²) in [6, 6.07) is 5.91. The predicted octanol–water partition coefficient (Wildman–Crippen LogP) is 5.19. The SMILES string of the molecule is CC(C)C(=O)N(C1CCCCC1)[C@H]1CCN(C(=O)[C@@H](Cc2ccc(Cl)cc2)NC(=O)[C@H]2CCCN2C(=O)OC(C)(C)C)C1. The molecule has 1 saturated carbocycles. The predicted molar refractivity (Wildman–Crippen MR) is 167 cm³/mol. The maximum absolute atomic E-state index is 14.1. The quantitative estimate of drug-likeness (QED) is 0.434. The van der Waals surface area contributed by atoms with E-state index in [1.165, 1.54) is 11.3 Å². The molecule has 1 aromatic rings. The van der Waals surface area contributed by atoms with E-state index in [9.17, 15) is 19.2 Å². The van der Waals surface area contributed by atoms with Gasteiger partial charge in [0, 0.05) is 43.0 Å². The van der Waals surface area contributed by atoms with Crippen molar-refractivity contribution in [2.45, 2.75) is 122 Å². The van der Waals surface area contributed by atoms with Gasteiger partial charge in [-0.15, -0.1) is 0 Å². The van der Waals surface area contributed by atoms with Gasteiger partial charge in [0.05, 0.1) is 6.04 Å². The minimum Gasteiger partial charge on any atom is -0.444 e. The van der Waals surface area contributed by atoms with Crippen LogP contribution in [-0.4, -0.2) is 87.9 Å². The second kappa shape index (κ2) is 14.3. The molecule has 3 fully saturated rings. The number of benzene rings is 1. The van der Waals surface area contributed by atoms with Gasteiger partial charge in [-0.3, -0.25) is 19.3 Å². The van der Waals surface area contributed by atoms with Crippen LogP contribution >= 0.6 is 11.6 Å². The van der Waals surface area contributed by atoms with E-state index in [-0.39, 0.29) is 35.7 Å². The van der Waals surface area contributed by atoms with Crippen molar-refractivity contribution >= 4 is 35.4 Å². The van der Waals surface area contributed by atoms with Gasteiger partial charge in [-0.2, -0.15) is 0 Å². The molecule has 0 radical (unpaired) electrons. The number of likely N-dealkylation sites (tertiary alicyclic amines) is 2. The minimum atomic E-state index is -0.822. The van der Waals surface area contributed by atoms with Crippen molar-refractivity contribution in [3.8, 4) is 0 Å². The zero-order valence-corrected chi connectivity index (χ0v) is 27.2. The van der Waals surface area contributed by atoms with Crippen molar-refractivity contribution in [2.75, 3.05) is 19.6 Å². The number of nitrogens with one attached hydrogen (secondary N) is 1. The fraction of sp³-hybridized carbons (Fsp3) is 0.697. The molecule has 10 heteroatoms. The standard InChI is InChI=1S/C33H49ClN4O5/c1-22(2)30(40)38(25-10-7-6-8-11-25)26-17-19-36(21-26)31(41)27(20-23-13-15-24(34)16-14-23)35-29(39)28-12-9-18-37(28)32(42)43-33(3,4)5/h13-16,22,25-28H,6-12,17-21H2,1-5H3,(H,35,39)/t26-,27+,28+/m0/s1. The highest BCUT2D eigenvalue weighted by atomic mass is 35.5. The third kappa shape index (κ3) is 8.64. The second-order valence-corrected chi connectivity index (χ2v) is 14.1. The Kier molecular flexibility index (Phi) is 11.0. The fourth-order valence-corrected chi connectivity index (χ4v) is 6.73. The van der Waals surface area contributed by atoms with Crippen molar-refractivity contribution in [2.24, 2.45) is 5.92 Å². The highest BCUT2D eigenvalue weighted by Gasteiger charge is 2.41. The molecule has 43 heavy (non-hydrogen) atoms. The molecule has 238 valence electrons. The van der Waals surface area contributed by atoms with Gasteiger partial charge in [-0.25, -0.2) is 4.79 Å². The van der Waals surface area contributed by atoms with Gasteiger partial charge in [0.1, 0.15) is 17.7 Å². The van der Waals surface area contributed by atoms with Gasteiger partial charge in [0.2, 0.25) is 17.7 Å². The van der Waals surface area contributed by atoms with Crippen molar-refractivity contribution < 1.29 is 23.9 Å². The minimum absolute atomic E-state index is 0.0358. The summed E-state index contributed by atoms with van der Waals surface area (Å²) in [6.45, 7) is 10.7. The Labute approximate surface area is 261 Å². The number of halogens is 1. The smallest absolute Gasteiger partial charge is 0.410 e. The molecule has 0 aromatic heterocycles. The van der Waals surface area contributed by atoms with E-state index in [0.29, 0.717) is 43.9 Å². The fourth-order valence-electron chi connectivity index (χ4n) is 6.61. The first kappa shape index (κ1) is 33.1. The summed E-state index contributed by atoms with van der Waals surface area (Å²) in [5, 5.41) is 3.59. The third-order valence-corrected chi connectivity index (χ3v) is 8.99. The van der Waals surface area contributed by atoms with Gasteiger partial charge in [-0.1, -0.05) is 56.8 Å². The van der Waals surface area contributed by atoms with Crippen molar-refractivity contribution in [3.05, 3.63) is 34.9 Å². The molecular weight excluding hydrogens is 568 g/mol. The molecule has 9 nitrogen and oxygen atoms in total. The first-order valence-corrected chi connectivity index (χ1v) is 16.4. The van der Waals surface area contributed by atoms with E-state index in [1.807, 2.05) is 26.0 Å². The Bertz CT molecular complexity index is 1140. The van der Waals surface area contributed by atoms with Crippen LogP contribution in [0, 0.1) is 5.92 Å². The number of ether oxygens (including phenoxy) is 1. The summed E-state index contributed by atoms with van der Waals surface area (Å²) < 4.78 is 5.55. The van der Waals surface area contributed by atoms with Crippen LogP contribution in [0.5, 0.6) is 0 Å². The van der Waals surface area contributed by atoms with Crippen molar-refractivity contribution in [1.82, 2.24) is 20.0 Å². The lowest BCUT2D eigenvalue weighted by molar-refractivity contribution is -0.141. The molecule has 3 atom stereocenters. The first-order valence-electron chi connectivity index (χ1n) is 16.0. The van der Waals surface area contributed by atoms with Gasteiger partial charge < -0.3 is 19.9 Å². The van der Waals surface area contributed by atoms with Crippen LogP contribution in [0.2, 0.25) is 5.02 Å². The Morgan fingerprint density at radius 1 is 0.953 bits per heavy atom. The van der Waals surface area contributed by atoms with Crippen LogP contribution in [0.3, 0.4) is 0 Å². The number of amides is 4. The molecule has 2 heterocycles. The summed E-state index contributed by atoms with van der Waals surface area (Å²) >= 11 is 6.11. The Morgan fingerprint density at radius 2 is 1.63 bits per heavy atom. The van der Waals surface area contributed by atoms with Gasteiger partial charge >= 0.3 is 6.09 Å². The molecule has 1 N–H and O–H groups in total. The van der Waals surface area contributed by atoms with E-state index in [4.69, 9.17) is 16.3 Å². The van der Waals surface area contributed by atoms with E-state index < -0.39 is 23.8 Å². The van der Waals surface area contributed by atoms with E-state index in [2.05, 4.69) is 10.2 Å². The van der Waals surface area contributed by atoms with Crippen molar-refractivity contribution in [1.29, 1.82) is 0 Å². The molecular formula is C33H49ClN4O5. The van der Waals surface area contributed by atoms with E-state index in [1.54, 1.807) is 37.8 Å². The number of carbonyl (C=O) groups is 4. The molecule has 0 bridgehead atoms. The number of nitrogens with zero attached hydrogens (tertiary/aromatic N) is 3. The topological polar surface area (TPSA) is 99.3 Å². The normalized spacial score (nSPS) is 22.0. The summed E-state index contributed by atoms with van der Waals surface area (Å²) in [5.74, 6) is -0.484. The van der Waals surface area contributed by atoms with Crippen LogP contribution in [0.25, 0.3) is 0 Å². The lowest BCUT2D eigenvalue weighted by atomic mass is 9.92. The first-order chi connectivity index (χ1) is 20.3. The lowest BCUT2D eigenvalue weighted by Crippen LogP contribution is -2.55. The summed E-state index contributed by atoms with van der Waals surface area (Å²) in [4.78, 5) is 59.3. The molecule has 1 aliphatic carbocycles. The molecule has 3 aliphatic rings. The largest absolute Gasteiger partial charge is 0.444 e. The molecule has 2 aliphatic heterocycles. The molecule has 4 amide bonds. The van der Waals surface area contributed by atoms with Gasteiger partial charge in [0.25, 0.3) is 0 Å². The zero-order valence-electron chi connectivity index (χ0n) is 26.4. The van der Waals surface area contributed by atoms with Crippen LogP contribution in [0.1, 0.15) is 91.5 Å². The van der Waals surface area contributed by atoms with Crippen LogP contribution in [0.4, 0.5) is 4.79 Å². The summed E-state index contributed by atoms with van der Waals surface area (Å²) in [6.07, 6.45) is 7.14. The average Bonchev–Trinajstić information content (AvgIpc) is 3.64. The Morgan fingerprint density at radius 3 is 2.26 bits per heavy atom. The van der Waals surface area contributed by atoms with Gasteiger partial charge in [-0.05, 0) is 70.6 Å². The summed E-state index contributed by atoms with van der Waals surface area (Å²) in [5.41, 5.74) is 0.191. The van der Waals surface area contributed by atoms with Crippen molar-refractivity contribution in [3.63, 3.8) is 0 Å². The average molecular weight is 617 g/mol. The highest BCUT2D eigenvalue weighted by Crippen LogP contribution is 2.29. The maximum atomic E-state index is 14.1. The number of hydrogen-bond donors (Lipinski definition) is 1. The van der Waals surface area contributed by atoms with Crippen LogP contribution < -0.4 is 5.32 Å². The molecule has 2 saturated heterocycles. The molecule has 1 aromatic carbocycles. The van der Waals surface area contributed by atoms with E-state index >= 15 is 0 Å². The van der Waals surface area contributed by atoms with Gasteiger partial charge in [0.15, 0.2) is 0 Å². The monoisotopic (exact) mass is 616 g/mol.